The van der Waals surface area contributed by atoms with Crippen LogP contribution in [0.15, 0.2) is 91.0 Å². The number of hydrogen-bond acceptors (Lipinski definition) is 6. The van der Waals surface area contributed by atoms with Crippen molar-refractivity contribution in [2.24, 2.45) is 11.8 Å². The summed E-state index contributed by atoms with van der Waals surface area (Å²) in [6, 6.07) is 31.1. The number of rotatable bonds is 15. The topological polar surface area (TPSA) is 129 Å². The van der Waals surface area contributed by atoms with Crippen LogP contribution in [0.5, 0.6) is 0 Å². The van der Waals surface area contributed by atoms with Crippen LogP contribution in [-0.2, 0) is 23.9 Å². The Morgan fingerprint density at radius 2 is 1.27 bits per heavy atom. The van der Waals surface area contributed by atoms with Crippen molar-refractivity contribution in [2.45, 2.75) is 56.1 Å². The zero-order valence-corrected chi connectivity index (χ0v) is 26.3. The van der Waals surface area contributed by atoms with Crippen LogP contribution in [0.4, 0.5) is 0 Å². The highest BCUT2D eigenvalue weighted by Gasteiger charge is 2.36. The van der Waals surface area contributed by atoms with Crippen LogP contribution in [0, 0.1) is 11.8 Å². The number of carboxylic acids is 3. The van der Waals surface area contributed by atoms with Gasteiger partial charge in [-0.15, -0.1) is 11.8 Å². The molecule has 0 aliphatic carbocycles. The third kappa shape index (κ3) is 10.6. The van der Waals surface area contributed by atoms with Crippen LogP contribution in [0.2, 0.25) is 0 Å². The number of aliphatic carboxylic acids is 3. The van der Waals surface area contributed by atoms with Gasteiger partial charge in [0.25, 0.3) is 0 Å². The molecule has 0 bridgehead atoms. The van der Waals surface area contributed by atoms with E-state index in [4.69, 9.17) is 10.2 Å². The van der Waals surface area contributed by atoms with Gasteiger partial charge in [0.05, 0.1) is 10.7 Å². The van der Waals surface area contributed by atoms with Crippen LogP contribution >= 0.6 is 23.5 Å². The Hall–Kier alpha value is -3.56. The predicted molar refractivity (Wildman–Crippen MR) is 176 cm³/mol. The van der Waals surface area contributed by atoms with Gasteiger partial charge in [-0.05, 0) is 61.0 Å². The lowest BCUT2D eigenvalue weighted by Crippen LogP contribution is -2.26. The summed E-state index contributed by atoms with van der Waals surface area (Å²) in [4.78, 5) is 43.8. The SMILES string of the molecule is O=C(O)CCC(CCCSC(c1ccccc1)(c1ccccc1)c1ccccc1)C(=O)O.O=C(O)CCC1CCCSC1=O. The summed E-state index contributed by atoms with van der Waals surface area (Å²) >= 11 is 3.14. The molecule has 0 radical (unpaired) electrons. The fraction of sp³-hybridized carbons (Fsp3) is 0.371. The second-order valence-corrected chi connectivity index (χ2v) is 13.1. The Morgan fingerprint density at radius 1 is 0.773 bits per heavy atom. The van der Waals surface area contributed by atoms with E-state index in [-0.39, 0.29) is 30.3 Å². The molecular weight excluding hydrogens is 597 g/mol. The minimum atomic E-state index is -0.957. The van der Waals surface area contributed by atoms with Crippen molar-refractivity contribution in [3.05, 3.63) is 108 Å². The molecule has 1 aliphatic heterocycles. The molecule has 9 heteroatoms. The first-order valence-corrected chi connectivity index (χ1v) is 16.8. The predicted octanol–water partition coefficient (Wildman–Crippen LogP) is 7.58. The van der Waals surface area contributed by atoms with Crippen LogP contribution in [0.25, 0.3) is 0 Å². The fourth-order valence-corrected chi connectivity index (χ4v) is 7.82. The van der Waals surface area contributed by atoms with Gasteiger partial charge in [0.2, 0.25) is 0 Å². The van der Waals surface area contributed by atoms with Gasteiger partial charge < -0.3 is 15.3 Å². The van der Waals surface area contributed by atoms with Gasteiger partial charge in [-0.25, -0.2) is 0 Å². The fourth-order valence-electron chi connectivity index (χ4n) is 5.31. The largest absolute Gasteiger partial charge is 0.481 e. The summed E-state index contributed by atoms with van der Waals surface area (Å²) < 4.78 is -0.427. The van der Waals surface area contributed by atoms with Gasteiger partial charge in [-0.1, -0.05) is 103 Å². The van der Waals surface area contributed by atoms with Gasteiger partial charge in [0, 0.05) is 24.5 Å². The van der Waals surface area contributed by atoms with Crippen LogP contribution in [-0.4, -0.2) is 49.8 Å². The van der Waals surface area contributed by atoms with Crippen LogP contribution in [0.3, 0.4) is 0 Å². The highest BCUT2D eigenvalue weighted by Crippen LogP contribution is 2.48. The second kappa shape index (κ2) is 18.3. The van der Waals surface area contributed by atoms with Crippen molar-refractivity contribution in [1.29, 1.82) is 0 Å². The molecule has 44 heavy (non-hydrogen) atoms. The van der Waals surface area contributed by atoms with Gasteiger partial charge in [-0.3, -0.25) is 19.2 Å². The molecule has 0 aromatic heterocycles. The van der Waals surface area contributed by atoms with E-state index in [9.17, 15) is 24.3 Å². The number of carboxylic acid groups (broad SMARTS) is 3. The molecule has 3 aromatic carbocycles. The molecule has 7 nitrogen and oxygen atoms in total. The van der Waals surface area contributed by atoms with Gasteiger partial charge in [-0.2, -0.15) is 0 Å². The number of carbonyl (C=O) groups is 4. The van der Waals surface area contributed by atoms with Crippen molar-refractivity contribution in [3.63, 3.8) is 0 Å². The molecule has 0 amide bonds. The monoisotopic (exact) mass is 636 g/mol. The lowest BCUT2D eigenvalue weighted by atomic mass is 9.84. The number of benzene rings is 3. The van der Waals surface area contributed by atoms with E-state index in [1.165, 1.54) is 28.5 Å². The lowest BCUT2D eigenvalue weighted by Gasteiger charge is -2.35. The Morgan fingerprint density at radius 3 is 1.70 bits per heavy atom. The molecule has 4 rings (SSSR count). The molecular formula is C35H40O7S2. The summed E-state index contributed by atoms with van der Waals surface area (Å²) in [6.07, 6.45) is 3.75. The van der Waals surface area contributed by atoms with Crippen LogP contribution < -0.4 is 0 Å². The first-order valence-electron chi connectivity index (χ1n) is 14.9. The summed E-state index contributed by atoms with van der Waals surface area (Å²) in [7, 11) is 0. The second-order valence-electron chi connectivity index (χ2n) is 10.7. The maximum atomic E-state index is 11.6. The average Bonchev–Trinajstić information content (AvgIpc) is 3.03. The molecule has 0 spiro atoms. The third-order valence-corrected chi connectivity index (χ3v) is 10.3. The van der Waals surface area contributed by atoms with Crippen LogP contribution in [0.1, 0.15) is 68.1 Å². The van der Waals surface area contributed by atoms with Gasteiger partial charge in [0.1, 0.15) is 0 Å². The Balaban J connectivity index is 0.000000369. The lowest BCUT2D eigenvalue weighted by molar-refractivity contribution is -0.143. The van der Waals surface area contributed by atoms with Crippen molar-refractivity contribution >= 4 is 46.5 Å². The molecule has 1 saturated heterocycles. The zero-order chi connectivity index (χ0) is 31.8. The molecule has 234 valence electrons. The molecule has 0 saturated carbocycles. The molecule has 3 N–H and O–H groups in total. The smallest absolute Gasteiger partial charge is 0.306 e. The molecule has 3 aromatic rings. The first kappa shape index (κ1) is 34.9. The maximum Gasteiger partial charge on any atom is 0.306 e. The minimum Gasteiger partial charge on any atom is -0.481 e. The summed E-state index contributed by atoms with van der Waals surface area (Å²) in [6.45, 7) is 0. The molecule has 1 heterocycles. The highest BCUT2D eigenvalue weighted by molar-refractivity contribution is 8.13. The molecule has 1 aliphatic rings. The minimum absolute atomic E-state index is 0.000139. The molecule has 1 fully saturated rings. The summed E-state index contributed by atoms with van der Waals surface area (Å²) in [5.41, 5.74) is 3.51. The van der Waals surface area contributed by atoms with Crippen molar-refractivity contribution in [3.8, 4) is 0 Å². The Labute approximate surface area is 267 Å². The Bertz CT molecular complexity index is 1240. The zero-order valence-electron chi connectivity index (χ0n) is 24.7. The van der Waals surface area contributed by atoms with E-state index in [2.05, 4.69) is 36.4 Å². The van der Waals surface area contributed by atoms with Crippen molar-refractivity contribution < 1.29 is 34.5 Å². The number of carbonyl (C=O) groups excluding carboxylic acids is 1. The molecule has 2 unspecified atom stereocenters. The summed E-state index contributed by atoms with van der Waals surface area (Å²) in [5.74, 6) is -1.67. The van der Waals surface area contributed by atoms with Crippen molar-refractivity contribution in [1.82, 2.24) is 0 Å². The number of hydrogen-bond donors (Lipinski definition) is 3. The number of thioether (sulfide) groups is 2. The first-order chi connectivity index (χ1) is 21.2. The highest BCUT2D eigenvalue weighted by atomic mass is 32.2. The van der Waals surface area contributed by atoms with E-state index in [0.717, 1.165) is 24.3 Å². The van der Waals surface area contributed by atoms with E-state index < -0.39 is 28.6 Å². The van der Waals surface area contributed by atoms with Gasteiger partial charge >= 0.3 is 17.9 Å². The normalized spacial score (nSPS) is 15.5. The van der Waals surface area contributed by atoms with Gasteiger partial charge in [0.15, 0.2) is 5.12 Å². The van der Waals surface area contributed by atoms with E-state index in [1.54, 1.807) is 11.8 Å². The maximum absolute atomic E-state index is 11.6. The summed E-state index contributed by atoms with van der Waals surface area (Å²) in [5, 5.41) is 27.0. The van der Waals surface area contributed by atoms with E-state index in [1.807, 2.05) is 54.6 Å². The van der Waals surface area contributed by atoms with E-state index in [0.29, 0.717) is 19.3 Å². The standard InChI is InChI=1S/C27H28O4S.C8H12O3S/c28-25(29)19-18-21(26(30)31)11-10-20-32-27(22-12-4-1-5-13-22,23-14-6-2-7-15-23)24-16-8-3-9-17-24;9-7(10)4-3-6-2-1-5-12-8(6)11/h1-9,12-17,21H,10-11,18-20H2,(H,28,29)(H,30,31);6H,1-5H2,(H,9,10). The average molecular weight is 637 g/mol. The van der Waals surface area contributed by atoms with Crippen molar-refractivity contribution in [2.75, 3.05) is 11.5 Å². The Kier molecular flexibility index (Phi) is 14.5. The third-order valence-electron chi connectivity index (χ3n) is 7.59. The molecule has 2 atom stereocenters. The quantitative estimate of drug-likeness (QED) is 0.114. The van der Waals surface area contributed by atoms with E-state index >= 15 is 0 Å².